The van der Waals surface area contributed by atoms with Crippen LogP contribution in [0.2, 0.25) is 0 Å². The van der Waals surface area contributed by atoms with Crippen LogP contribution in [0.5, 0.6) is 0 Å². The highest BCUT2D eigenvalue weighted by atomic mass is 19.1. The standard InChI is InChI=1S/C33H42FN5O7/c1-8-12-21-15-23(34)16-22-17-24(39(28(21)22)32(44)46-33(3,4)5)19-38-20-35-18-26(30(38)42)36-29(41)27(45-31(43)37(6)7)14-11-10-13-25(40)9-2/h10,13,15-18,20,27H,8-9,11-12,14,19H2,1-7H3,(H,36,41)/b13-10+/t27-/m0/s1. The van der Waals surface area contributed by atoms with Crippen LogP contribution >= 0.6 is 0 Å². The van der Waals surface area contributed by atoms with Crippen molar-refractivity contribution in [2.45, 2.75) is 85.0 Å². The van der Waals surface area contributed by atoms with Gasteiger partial charge >= 0.3 is 12.2 Å². The van der Waals surface area contributed by atoms with E-state index in [1.807, 2.05) is 6.92 Å². The molecule has 1 atom stereocenters. The number of ether oxygens (including phenoxy) is 2. The van der Waals surface area contributed by atoms with Gasteiger partial charge in [0.05, 0.1) is 30.3 Å². The number of anilines is 1. The van der Waals surface area contributed by atoms with Crippen LogP contribution in [0.4, 0.5) is 19.7 Å². The van der Waals surface area contributed by atoms with E-state index in [1.54, 1.807) is 39.8 Å². The number of benzene rings is 1. The first-order valence-electron chi connectivity index (χ1n) is 15.1. The molecule has 3 aromatic rings. The molecule has 12 nitrogen and oxygen atoms in total. The molecule has 0 spiro atoms. The van der Waals surface area contributed by atoms with Crippen LogP contribution < -0.4 is 10.9 Å². The number of hydrogen-bond donors (Lipinski definition) is 1. The fraction of sp³-hybridized carbons (Fsp3) is 0.455. The molecule has 2 amide bonds. The van der Waals surface area contributed by atoms with Crippen LogP contribution in [0.3, 0.4) is 0 Å². The Kier molecular flexibility index (Phi) is 12.0. The van der Waals surface area contributed by atoms with E-state index in [0.717, 1.165) is 4.90 Å². The molecule has 2 heterocycles. The van der Waals surface area contributed by atoms with Crippen molar-refractivity contribution in [3.8, 4) is 0 Å². The molecule has 46 heavy (non-hydrogen) atoms. The maximum absolute atomic E-state index is 14.6. The third kappa shape index (κ3) is 9.35. The smallest absolute Gasteiger partial charge is 0.419 e. The zero-order valence-electron chi connectivity index (χ0n) is 27.4. The monoisotopic (exact) mass is 639 g/mol. The number of fused-ring (bicyclic) bond motifs is 1. The van der Waals surface area contributed by atoms with Gasteiger partial charge in [0.15, 0.2) is 11.9 Å². The van der Waals surface area contributed by atoms with Crippen LogP contribution in [0.25, 0.3) is 10.9 Å². The molecule has 3 rings (SSSR count). The van der Waals surface area contributed by atoms with Crippen LogP contribution in [-0.4, -0.2) is 68.7 Å². The molecular formula is C33H42FN5O7. The number of carbonyl (C=O) groups is 4. The number of halogens is 1. The molecule has 0 aliphatic heterocycles. The molecule has 0 unspecified atom stereocenters. The summed E-state index contributed by atoms with van der Waals surface area (Å²) in [5.41, 5.74) is -0.215. The average molecular weight is 640 g/mol. The summed E-state index contributed by atoms with van der Waals surface area (Å²) >= 11 is 0. The number of carbonyl (C=O) groups excluding carboxylic acids is 4. The van der Waals surface area contributed by atoms with Crippen LogP contribution in [0.15, 0.2) is 47.7 Å². The fourth-order valence-corrected chi connectivity index (χ4v) is 4.63. The lowest BCUT2D eigenvalue weighted by molar-refractivity contribution is -0.125. The van der Waals surface area contributed by atoms with E-state index in [0.29, 0.717) is 41.4 Å². The lowest BCUT2D eigenvalue weighted by atomic mass is 10.1. The Morgan fingerprint density at radius 2 is 1.85 bits per heavy atom. The molecular weight excluding hydrogens is 597 g/mol. The Morgan fingerprint density at radius 3 is 2.48 bits per heavy atom. The lowest BCUT2D eigenvalue weighted by Crippen LogP contribution is -2.38. The summed E-state index contributed by atoms with van der Waals surface area (Å²) in [5.74, 6) is -1.30. The van der Waals surface area contributed by atoms with Crippen LogP contribution in [0.1, 0.15) is 71.6 Å². The summed E-state index contributed by atoms with van der Waals surface area (Å²) in [6.07, 6.45) is 4.55. The summed E-state index contributed by atoms with van der Waals surface area (Å²) < 4.78 is 28.1. The first-order valence-corrected chi connectivity index (χ1v) is 15.1. The van der Waals surface area contributed by atoms with E-state index in [-0.39, 0.29) is 30.9 Å². The summed E-state index contributed by atoms with van der Waals surface area (Å²) in [5, 5.41) is 2.97. The van der Waals surface area contributed by atoms with E-state index < -0.39 is 41.2 Å². The summed E-state index contributed by atoms with van der Waals surface area (Å²) in [6.45, 7) is 8.70. The van der Waals surface area contributed by atoms with Crippen LogP contribution in [-0.2, 0) is 32.0 Å². The van der Waals surface area contributed by atoms with E-state index >= 15 is 0 Å². The Hall–Kier alpha value is -4.81. The Labute approximate surface area is 267 Å². The maximum Gasteiger partial charge on any atom is 0.419 e. The van der Waals surface area contributed by atoms with Gasteiger partial charge in [0.1, 0.15) is 17.1 Å². The number of nitrogens with zero attached hydrogens (tertiary/aromatic N) is 4. The number of aryl methyl sites for hydroxylation is 1. The number of amides is 2. The van der Waals surface area contributed by atoms with Crippen molar-refractivity contribution < 1.29 is 33.0 Å². The van der Waals surface area contributed by atoms with Crippen molar-refractivity contribution in [3.05, 3.63) is 70.3 Å². The van der Waals surface area contributed by atoms with E-state index in [4.69, 9.17) is 9.47 Å². The molecule has 0 saturated carbocycles. The largest absolute Gasteiger partial charge is 0.443 e. The minimum atomic E-state index is -1.27. The van der Waals surface area contributed by atoms with Gasteiger partial charge in [-0.25, -0.2) is 23.5 Å². The van der Waals surface area contributed by atoms with Crippen molar-refractivity contribution in [3.63, 3.8) is 0 Å². The molecule has 0 aliphatic carbocycles. The quantitative estimate of drug-likeness (QED) is 0.258. The van der Waals surface area contributed by atoms with E-state index in [1.165, 1.54) is 54.0 Å². The molecule has 0 bridgehead atoms. The van der Waals surface area contributed by atoms with Gasteiger partial charge in [-0.15, -0.1) is 0 Å². The van der Waals surface area contributed by atoms with Crippen molar-refractivity contribution in [2.75, 3.05) is 19.4 Å². The molecule has 0 fully saturated rings. The molecule has 248 valence electrons. The van der Waals surface area contributed by atoms with E-state index in [9.17, 15) is 28.4 Å². The number of hydrogen-bond acceptors (Lipinski definition) is 8. The SMILES string of the molecule is CCCc1cc(F)cc2cc(Cn3cncc(NC(=O)[C@H](CC/C=C/C(=O)CC)OC(=O)N(C)C)c3=O)n(C(=O)OC(C)(C)C)c12. The molecule has 0 radical (unpaired) electrons. The van der Waals surface area contributed by atoms with Gasteiger partial charge in [-0.05, 0) is 69.9 Å². The minimum Gasteiger partial charge on any atom is -0.443 e. The number of allylic oxidation sites excluding steroid dienone is 2. The second-order valence-electron chi connectivity index (χ2n) is 12.0. The van der Waals surface area contributed by atoms with Crippen molar-refractivity contribution in [2.24, 2.45) is 0 Å². The predicted molar refractivity (Wildman–Crippen MR) is 171 cm³/mol. The van der Waals surface area contributed by atoms with Gasteiger partial charge in [0.25, 0.3) is 11.5 Å². The first-order chi connectivity index (χ1) is 21.6. The maximum atomic E-state index is 14.6. The summed E-state index contributed by atoms with van der Waals surface area (Å²) in [4.78, 5) is 69.3. The van der Waals surface area contributed by atoms with Gasteiger partial charge < -0.3 is 19.7 Å². The molecule has 0 aliphatic rings. The number of ketones is 1. The second-order valence-corrected chi connectivity index (χ2v) is 12.0. The van der Waals surface area contributed by atoms with Crippen molar-refractivity contribution in [1.82, 2.24) is 19.0 Å². The molecule has 0 saturated heterocycles. The first kappa shape index (κ1) is 35.7. The molecule has 2 aromatic heterocycles. The highest BCUT2D eigenvalue weighted by Gasteiger charge is 2.26. The zero-order chi connectivity index (χ0) is 34.2. The fourth-order valence-electron chi connectivity index (χ4n) is 4.63. The van der Waals surface area contributed by atoms with Gasteiger partial charge in [0, 0.05) is 25.9 Å². The van der Waals surface area contributed by atoms with Gasteiger partial charge in [-0.2, -0.15) is 0 Å². The van der Waals surface area contributed by atoms with E-state index in [2.05, 4.69) is 10.3 Å². The predicted octanol–water partition coefficient (Wildman–Crippen LogP) is 5.44. The zero-order valence-corrected chi connectivity index (χ0v) is 27.4. The highest BCUT2D eigenvalue weighted by Crippen LogP contribution is 2.28. The summed E-state index contributed by atoms with van der Waals surface area (Å²) in [7, 11) is 2.93. The molecule has 1 aromatic carbocycles. The Morgan fingerprint density at radius 1 is 1.13 bits per heavy atom. The second kappa shape index (κ2) is 15.5. The average Bonchev–Trinajstić information content (AvgIpc) is 3.33. The summed E-state index contributed by atoms with van der Waals surface area (Å²) in [6, 6.07) is 4.32. The third-order valence-electron chi connectivity index (χ3n) is 6.75. The van der Waals surface area contributed by atoms with Crippen molar-refractivity contribution >= 4 is 40.5 Å². The number of aromatic nitrogens is 3. The Bertz CT molecular complexity index is 1680. The van der Waals surface area contributed by atoms with Gasteiger partial charge in [0.2, 0.25) is 0 Å². The molecule has 13 heteroatoms. The topological polar surface area (TPSA) is 142 Å². The number of rotatable bonds is 12. The third-order valence-corrected chi connectivity index (χ3v) is 6.75. The highest BCUT2D eigenvalue weighted by molar-refractivity contribution is 5.95. The molecule has 1 N–H and O–H groups in total. The number of nitrogens with one attached hydrogen (secondary N) is 1. The normalized spacial score (nSPS) is 12.3. The van der Waals surface area contributed by atoms with Gasteiger partial charge in [-0.3, -0.25) is 19.0 Å². The van der Waals surface area contributed by atoms with Crippen molar-refractivity contribution in [1.29, 1.82) is 0 Å². The minimum absolute atomic E-state index is 0.0556. The van der Waals surface area contributed by atoms with Crippen LogP contribution in [0, 0.1) is 5.82 Å². The Balaban J connectivity index is 1.97. The lowest BCUT2D eigenvalue weighted by Gasteiger charge is -2.22. The van der Waals surface area contributed by atoms with Gasteiger partial charge in [-0.1, -0.05) is 26.3 Å².